The number of esters is 2. The molecular formula is C32H62O5. The molecule has 0 heterocycles. The molecule has 5 heteroatoms. The van der Waals surface area contributed by atoms with Crippen molar-refractivity contribution in [1.29, 1.82) is 0 Å². The number of carbonyl (C=O) groups excluding carboxylic acids is 2. The van der Waals surface area contributed by atoms with E-state index >= 15 is 0 Å². The highest BCUT2D eigenvalue weighted by molar-refractivity contribution is 5.70. The molecule has 0 rings (SSSR count). The first kappa shape index (κ1) is 35.9. The Morgan fingerprint density at radius 3 is 1.43 bits per heavy atom. The monoisotopic (exact) mass is 526 g/mol. The molecule has 0 saturated heterocycles. The second-order valence-corrected chi connectivity index (χ2v) is 11.4. The van der Waals surface area contributed by atoms with Gasteiger partial charge in [0.05, 0.1) is 6.61 Å². The van der Waals surface area contributed by atoms with Gasteiger partial charge in [-0.2, -0.15) is 0 Å². The number of rotatable bonds is 28. The van der Waals surface area contributed by atoms with Crippen molar-refractivity contribution in [3.05, 3.63) is 0 Å². The van der Waals surface area contributed by atoms with E-state index in [1.54, 1.807) is 0 Å². The molecule has 0 aromatic heterocycles. The van der Waals surface area contributed by atoms with Gasteiger partial charge in [0.25, 0.3) is 0 Å². The maximum Gasteiger partial charge on any atom is 0.306 e. The van der Waals surface area contributed by atoms with Crippen LogP contribution in [0.1, 0.15) is 168 Å². The van der Waals surface area contributed by atoms with Gasteiger partial charge in [-0.05, 0) is 18.8 Å². The number of hydrogen-bond donors (Lipinski definition) is 1. The van der Waals surface area contributed by atoms with Gasteiger partial charge in [0.1, 0.15) is 6.61 Å². The second kappa shape index (κ2) is 27.9. The molecule has 0 radical (unpaired) electrons. The van der Waals surface area contributed by atoms with Crippen LogP contribution in [-0.4, -0.2) is 36.4 Å². The quantitative estimate of drug-likeness (QED) is 0.0813. The Labute approximate surface area is 229 Å². The highest BCUT2D eigenvalue weighted by Crippen LogP contribution is 2.15. The summed E-state index contributed by atoms with van der Waals surface area (Å²) in [7, 11) is 0. The normalized spacial score (nSPS) is 12.1. The van der Waals surface area contributed by atoms with Crippen molar-refractivity contribution in [2.75, 3.05) is 13.2 Å². The van der Waals surface area contributed by atoms with Crippen LogP contribution in [0.4, 0.5) is 0 Å². The van der Waals surface area contributed by atoms with E-state index < -0.39 is 6.10 Å². The fourth-order valence-electron chi connectivity index (χ4n) is 4.62. The first-order valence-corrected chi connectivity index (χ1v) is 16.0. The van der Waals surface area contributed by atoms with E-state index in [1.165, 1.54) is 96.3 Å². The summed E-state index contributed by atoms with van der Waals surface area (Å²) < 4.78 is 10.5. The third-order valence-corrected chi connectivity index (χ3v) is 7.08. The van der Waals surface area contributed by atoms with Crippen LogP contribution >= 0.6 is 0 Å². The van der Waals surface area contributed by atoms with Crippen molar-refractivity contribution in [2.24, 2.45) is 5.92 Å². The van der Waals surface area contributed by atoms with Gasteiger partial charge >= 0.3 is 11.9 Å². The zero-order valence-corrected chi connectivity index (χ0v) is 24.9. The Balaban J connectivity index is 3.52. The summed E-state index contributed by atoms with van der Waals surface area (Å²) >= 11 is 0. The number of carbonyl (C=O) groups is 2. The number of aliphatic hydroxyl groups is 1. The standard InChI is InChI=1S/C32H62O5/c1-4-5-6-7-15-19-22-25-31(34)36-28-30(27-33)37-32(35)26-23-20-17-14-12-10-8-9-11-13-16-18-21-24-29(2)3/h29-30,33H,4-28H2,1-3H3/t30-/m0/s1. The summed E-state index contributed by atoms with van der Waals surface area (Å²) in [6.07, 6.45) is 25.9. The summed E-state index contributed by atoms with van der Waals surface area (Å²) in [5.41, 5.74) is 0. The van der Waals surface area contributed by atoms with E-state index in [-0.39, 0.29) is 25.2 Å². The molecule has 1 atom stereocenters. The predicted octanol–water partition coefficient (Wildman–Crippen LogP) is 9.08. The van der Waals surface area contributed by atoms with E-state index in [2.05, 4.69) is 20.8 Å². The zero-order valence-electron chi connectivity index (χ0n) is 24.9. The maximum absolute atomic E-state index is 12.1. The van der Waals surface area contributed by atoms with E-state index in [9.17, 15) is 14.7 Å². The highest BCUT2D eigenvalue weighted by atomic mass is 16.6. The number of unbranched alkanes of at least 4 members (excludes halogenated alkanes) is 18. The third-order valence-electron chi connectivity index (χ3n) is 7.08. The van der Waals surface area contributed by atoms with Crippen LogP contribution in [0.5, 0.6) is 0 Å². The van der Waals surface area contributed by atoms with Gasteiger partial charge in [0.2, 0.25) is 0 Å². The Hall–Kier alpha value is -1.10. The van der Waals surface area contributed by atoms with Crippen molar-refractivity contribution < 1.29 is 24.2 Å². The summed E-state index contributed by atoms with van der Waals surface area (Å²) in [6, 6.07) is 0. The van der Waals surface area contributed by atoms with Gasteiger partial charge in [-0.25, -0.2) is 0 Å². The van der Waals surface area contributed by atoms with E-state index in [1.807, 2.05) is 0 Å². The lowest BCUT2D eigenvalue weighted by Crippen LogP contribution is -2.28. The predicted molar refractivity (Wildman–Crippen MR) is 155 cm³/mol. The first-order valence-electron chi connectivity index (χ1n) is 16.0. The lowest BCUT2D eigenvalue weighted by Gasteiger charge is -2.15. The minimum atomic E-state index is -0.759. The van der Waals surface area contributed by atoms with Gasteiger partial charge < -0.3 is 14.6 Å². The van der Waals surface area contributed by atoms with Crippen molar-refractivity contribution >= 4 is 11.9 Å². The number of aliphatic hydroxyl groups excluding tert-OH is 1. The van der Waals surface area contributed by atoms with E-state index in [0.717, 1.165) is 44.4 Å². The van der Waals surface area contributed by atoms with Crippen LogP contribution in [0.25, 0.3) is 0 Å². The van der Waals surface area contributed by atoms with E-state index in [0.29, 0.717) is 12.8 Å². The Bertz CT molecular complexity index is 505. The lowest BCUT2D eigenvalue weighted by molar-refractivity contribution is -0.161. The molecule has 220 valence electrons. The molecule has 37 heavy (non-hydrogen) atoms. The van der Waals surface area contributed by atoms with Crippen LogP contribution in [0.15, 0.2) is 0 Å². The van der Waals surface area contributed by atoms with Gasteiger partial charge in [0, 0.05) is 12.8 Å². The van der Waals surface area contributed by atoms with Crippen LogP contribution < -0.4 is 0 Å². The topological polar surface area (TPSA) is 72.8 Å². The molecule has 0 saturated carbocycles. The Kier molecular flexibility index (Phi) is 27.1. The molecule has 0 aliphatic carbocycles. The van der Waals surface area contributed by atoms with Crippen molar-refractivity contribution in [3.8, 4) is 0 Å². The lowest BCUT2D eigenvalue weighted by atomic mass is 10.0. The second-order valence-electron chi connectivity index (χ2n) is 11.4. The Morgan fingerprint density at radius 2 is 1.00 bits per heavy atom. The fraction of sp³-hybridized carbons (Fsp3) is 0.938. The third kappa shape index (κ3) is 27.7. The SMILES string of the molecule is CCCCCCCCCC(=O)OC[C@H](CO)OC(=O)CCCCCCCCCCCCCCCC(C)C. The average molecular weight is 527 g/mol. The molecule has 0 unspecified atom stereocenters. The molecule has 0 amide bonds. The van der Waals surface area contributed by atoms with Crippen molar-refractivity contribution in [1.82, 2.24) is 0 Å². The van der Waals surface area contributed by atoms with Gasteiger partial charge in [-0.1, -0.05) is 143 Å². The molecule has 0 aliphatic heterocycles. The summed E-state index contributed by atoms with van der Waals surface area (Å²) in [6.45, 7) is 6.43. The van der Waals surface area contributed by atoms with E-state index in [4.69, 9.17) is 9.47 Å². The Morgan fingerprint density at radius 1 is 0.595 bits per heavy atom. The van der Waals surface area contributed by atoms with Gasteiger partial charge in [0.15, 0.2) is 6.10 Å². The molecule has 0 spiro atoms. The average Bonchev–Trinajstić information content (AvgIpc) is 2.88. The number of ether oxygens (including phenoxy) is 2. The first-order chi connectivity index (χ1) is 18.0. The zero-order chi connectivity index (χ0) is 27.4. The summed E-state index contributed by atoms with van der Waals surface area (Å²) in [5.74, 6) is 0.256. The van der Waals surface area contributed by atoms with Gasteiger partial charge in [-0.15, -0.1) is 0 Å². The van der Waals surface area contributed by atoms with Crippen LogP contribution in [0, 0.1) is 5.92 Å². The van der Waals surface area contributed by atoms with Crippen LogP contribution in [-0.2, 0) is 19.1 Å². The molecule has 5 nitrogen and oxygen atoms in total. The van der Waals surface area contributed by atoms with Crippen LogP contribution in [0.2, 0.25) is 0 Å². The smallest absolute Gasteiger partial charge is 0.306 e. The molecule has 1 N–H and O–H groups in total. The molecule has 0 aromatic carbocycles. The molecular weight excluding hydrogens is 464 g/mol. The minimum Gasteiger partial charge on any atom is -0.462 e. The summed E-state index contributed by atoms with van der Waals surface area (Å²) in [4.78, 5) is 23.9. The largest absolute Gasteiger partial charge is 0.462 e. The number of hydrogen-bond acceptors (Lipinski definition) is 5. The van der Waals surface area contributed by atoms with Gasteiger partial charge in [-0.3, -0.25) is 9.59 Å². The molecule has 0 bridgehead atoms. The highest BCUT2D eigenvalue weighted by Gasteiger charge is 2.16. The van der Waals surface area contributed by atoms with Crippen molar-refractivity contribution in [3.63, 3.8) is 0 Å². The minimum absolute atomic E-state index is 0.0598. The molecule has 0 fully saturated rings. The molecule has 0 aromatic rings. The molecule has 0 aliphatic rings. The van der Waals surface area contributed by atoms with Crippen molar-refractivity contribution in [2.45, 2.75) is 175 Å². The fourth-order valence-corrected chi connectivity index (χ4v) is 4.62. The maximum atomic E-state index is 12.1. The summed E-state index contributed by atoms with van der Waals surface area (Å²) in [5, 5.41) is 9.45. The van der Waals surface area contributed by atoms with Crippen LogP contribution in [0.3, 0.4) is 0 Å².